The van der Waals surface area contributed by atoms with E-state index in [0.29, 0.717) is 12.5 Å². The molecule has 0 aromatic carbocycles. The van der Waals surface area contributed by atoms with Crippen LogP contribution in [0.4, 0.5) is 0 Å². The molecule has 0 aliphatic heterocycles. The van der Waals surface area contributed by atoms with E-state index in [1.165, 1.54) is 6.26 Å². The molecular weight excluding hydrogens is 294 g/mol. The second-order valence-corrected chi connectivity index (χ2v) is 5.21. The minimum absolute atomic E-state index is 0. The molecule has 4 N–H and O–H groups in total. The number of halogens is 1. The molecule has 1 fully saturated rings. The molecule has 21 heavy (non-hydrogen) atoms. The fourth-order valence-corrected chi connectivity index (χ4v) is 2.56. The van der Waals surface area contributed by atoms with Crippen LogP contribution in [0.2, 0.25) is 0 Å². The molecule has 0 bridgehead atoms. The van der Waals surface area contributed by atoms with Crippen LogP contribution >= 0.6 is 12.4 Å². The minimum atomic E-state index is -0.605. The highest BCUT2D eigenvalue weighted by Gasteiger charge is 2.29. The monoisotopic (exact) mass is 315 g/mol. The summed E-state index contributed by atoms with van der Waals surface area (Å²) in [4.78, 5) is 23.8. The van der Waals surface area contributed by atoms with Crippen molar-refractivity contribution in [2.45, 2.75) is 38.3 Å². The molecule has 2 amide bonds. The maximum absolute atomic E-state index is 12.1. The zero-order valence-corrected chi connectivity index (χ0v) is 12.8. The van der Waals surface area contributed by atoms with Crippen LogP contribution in [0.3, 0.4) is 0 Å². The quantitative estimate of drug-likeness (QED) is 0.757. The molecule has 0 saturated heterocycles. The third kappa shape index (κ3) is 4.47. The molecule has 0 radical (unpaired) electrons. The van der Waals surface area contributed by atoms with Gasteiger partial charge in [0.15, 0.2) is 5.76 Å². The SMILES string of the molecule is CC(NC(=O)c1ccco1)C(=O)NC1CCCC1CN.Cl. The first-order valence-corrected chi connectivity index (χ1v) is 6.96. The number of hydrogen-bond donors (Lipinski definition) is 3. The number of nitrogens with two attached hydrogens (primary N) is 1. The zero-order valence-electron chi connectivity index (χ0n) is 12.0. The van der Waals surface area contributed by atoms with Gasteiger partial charge >= 0.3 is 0 Å². The average molecular weight is 316 g/mol. The van der Waals surface area contributed by atoms with Gasteiger partial charge in [-0.1, -0.05) is 6.42 Å². The Morgan fingerprint density at radius 3 is 2.86 bits per heavy atom. The van der Waals surface area contributed by atoms with E-state index in [4.69, 9.17) is 10.2 Å². The molecule has 1 saturated carbocycles. The Kier molecular flexibility index (Phi) is 6.71. The van der Waals surface area contributed by atoms with Crippen molar-refractivity contribution in [3.8, 4) is 0 Å². The summed E-state index contributed by atoms with van der Waals surface area (Å²) >= 11 is 0. The van der Waals surface area contributed by atoms with Gasteiger partial charge in [0.25, 0.3) is 5.91 Å². The van der Waals surface area contributed by atoms with E-state index < -0.39 is 6.04 Å². The Labute approximate surface area is 130 Å². The maximum Gasteiger partial charge on any atom is 0.287 e. The molecule has 7 heteroatoms. The van der Waals surface area contributed by atoms with Gasteiger partial charge < -0.3 is 20.8 Å². The molecule has 6 nitrogen and oxygen atoms in total. The van der Waals surface area contributed by atoms with Crippen LogP contribution in [0.1, 0.15) is 36.7 Å². The molecular formula is C14H22ClN3O3. The van der Waals surface area contributed by atoms with Crippen molar-refractivity contribution in [1.29, 1.82) is 0 Å². The first kappa shape index (κ1) is 17.5. The van der Waals surface area contributed by atoms with E-state index in [9.17, 15) is 9.59 Å². The van der Waals surface area contributed by atoms with Gasteiger partial charge in [-0.15, -0.1) is 12.4 Å². The minimum Gasteiger partial charge on any atom is -0.459 e. The molecule has 1 aromatic rings. The van der Waals surface area contributed by atoms with E-state index in [2.05, 4.69) is 10.6 Å². The normalized spacial score (nSPS) is 22.2. The summed E-state index contributed by atoms with van der Waals surface area (Å²) in [7, 11) is 0. The van der Waals surface area contributed by atoms with E-state index in [0.717, 1.165) is 19.3 Å². The van der Waals surface area contributed by atoms with Crippen molar-refractivity contribution >= 4 is 24.2 Å². The number of rotatable bonds is 5. The molecule has 3 atom stereocenters. The summed E-state index contributed by atoms with van der Waals surface area (Å²) in [6, 6.07) is 2.70. The van der Waals surface area contributed by atoms with Crippen molar-refractivity contribution in [3.05, 3.63) is 24.2 Å². The van der Waals surface area contributed by atoms with Crippen LogP contribution in [0.15, 0.2) is 22.8 Å². The van der Waals surface area contributed by atoms with Gasteiger partial charge in [0.2, 0.25) is 5.91 Å². The maximum atomic E-state index is 12.1. The largest absolute Gasteiger partial charge is 0.459 e. The average Bonchev–Trinajstić information content (AvgIpc) is 3.09. The molecule has 3 unspecified atom stereocenters. The summed E-state index contributed by atoms with van der Waals surface area (Å²) in [6.45, 7) is 2.24. The van der Waals surface area contributed by atoms with Gasteiger partial charge in [0.1, 0.15) is 6.04 Å². The summed E-state index contributed by atoms with van der Waals surface area (Å²) < 4.78 is 4.98. The van der Waals surface area contributed by atoms with Crippen LogP contribution < -0.4 is 16.4 Å². The van der Waals surface area contributed by atoms with Gasteiger partial charge in [0.05, 0.1) is 6.26 Å². The van der Waals surface area contributed by atoms with Crippen molar-refractivity contribution in [2.75, 3.05) is 6.54 Å². The first-order chi connectivity index (χ1) is 9.61. The highest BCUT2D eigenvalue weighted by atomic mass is 35.5. The Balaban J connectivity index is 0.00000220. The Hall–Kier alpha value is -1.53. The molecule has 0 spiro atoms. The van der Waals surface area contributed by atoms with E-state index in [1.807, 2.05) is 0 Å². The molecule has 1 aromatic heterocycles. The third-order valence-corrected chi connectivity index (χ3v) is 3.78. The summed E-state index contributed by atoms with van der Waals surface area (Å²) in [5.74, 6) is -0.0352. The third-order valence-electron chi connectivity index (χ3n) is 3.78. The predicted molar refractivity (Wildman–Crippen MR) is 81.2 cm³/mol. The number of carbonyl (C=O) groups excluding carboxylic acids is 2. The summed E-state index contributed by atoms with van der Waals surface area (Å²) in [5, 5.41) is 5.58. The fraction of sp³-hybridized carbons (Fsp3) is 0.571. The smallest absolute Gasteiger partial charge is 0.287 e. The molecule has 118 valence electrons. The number of hydrogen-bond acceptors (Lipinski definition) is 4. The number of furan rings is 1. The Bertz CT molecular complexity index is 464. The zero-order chi connectivity index (χ0) is 14.5. The van der Waals surface area contributed by atoms with Gasteiger partial charge in [-0.05, 0) is 44.4 Å². The Morgan fingerprint density at radius 1 is 1.48 bits per heavy atom. The van der Waals surface area contributed by atoms with E-state index in [-0.39, 0.29) is 36.0 Å². The van der Waals surface area contributed by atoms with Crippen molar-refractivity contribution in [3.63, 3.8) is 0 Å². The van der Waals surface area contributed by atoms with Gasteiger partial charge in [-0.25, -0.2) is 0 Å². The Morgan fingerprint density at radius 2 is 2.24 bits per heavy atom. The second kappa shape index (κ2) is 8.05. The lowest BCUT2D eigenvalue weighted by Gasteiger charge is -2.22. The van der Waals surface area contributed by atoms with Crippen LogP contribution in [0, 0.1) is 5.92 Å². The summed E-state index contributed by atoms with van der Waals surface area (Å²) in [5.41, 5.74) is 5.69. The van der Waals surface area contributed by atoms with Gasteiger partial charge in [-0.2, -0.15) is 0 Å². The van der Waals surface area contributed by atoms with Gasteiger partial charge in [0, 0.05) is 6.04 Å². The van der Waals surface area contributed by atoms with Crippen LogP contribution in [-0.2, 0) is 4.79 Å². The van der Waals surface area contributed by atoms with Crippen LogP contribution in [0.5, 0.6) is 0 Å². The molecule has 1 aliphatic rings. The topological polar surface area (TPSA) is 97.4 Å². The second-order valence-electron chi connectivity index (χ2n) is 5.21. The van der Waals surface area contributed by atoms with Crippen molar-refractivity contribution in [2.24, 2.45) is 11.7 Å². The lowest BCUT2D eigenvalue weighted by molar-refractivity contribution is -0.123. The van der Waals surface area contributed by atoms with Crippen LogP contribution in [-0.4, -0.2) is 30.4 Å². The summed E-state index contributed by atoms with van der Waals surface area (Å²) in [6.07, 6.45) is 4.50. The fourth-order valence-electron chi connectivity index (χ4n) is 2.56. The predicted octanol–water partition coefficient (Wildman–Crippen LogP) is 1.06. The lowest BCUT2D eigenvalue weighted by Crippen LogP contribution is -2.49. The molecule has 1 aliphatic carbocycles. The number of nitrogens with one attached hydrogen (secondary N) is 2. The first-order valence-electron chi connectivity index (χ1n) is 6.96. The van der Waals surface area contributed by atoms with Gasteiger partial charge in [-0.3, -0.25) is 9.59 Å². The number of carbonyl (C=O) groups is 2. The highest BCUT2D eigenvalue weighted by Crippen LogP contribution is 2.24. The van der Waals surface area contributed by atoms with E-state index in [1.54, 1.807) is 19.1 Å². The van der Waals surface area contributed by atoms with E-state index >= 15 is 0 Å². The standard InChI is InChI=1S/C14H21N3O3.ClH/c1-9(16-14(19)12-6-3-7-20-12)13(18)17-11-5-2-4-10(11)8-15;/h3,6-7,9-11H,2,4-5,8,15H2,1H3,(H,16,19)(H,17,18);1H. The van der Waals surface area contributed by atoms with Crippen molar-refractivity contribution < 1.29 is 14.0 Å². The lowest BCUT2D eigenvalue weighted by atomic mass is 10.0. The highest BCUT2D eigenvalue weighted by molar-refractivity contribution is 5.95. The number of amides is 2. The van der Waals surface area contributed by atoms with Crippen LogP contribution in [0.25, 0.3) is 0 Å². The molecule has 2 rings (SSSR count). The van der Waals surface area contributed by atoms with Crippen molar-refractivity contribution in [1.82, 2.24) is 10.6 Å². The molecule has 1 heterocycles.